The van der Waals surface area contributed by atoms with Gasteiger partial charge in [0.1, 0.15) is 22.9 Å². The maximum Gasteiger partial charge on any atom is 0.344 e. The maximum absolute atomic E-state index is 12.8. The monoisotopic (exact) mass is 597 g/mol. The van der Waals surface area contributed by atoms with Gasteiger partial charge in [-0.1, -0.05) is 45.4 Å². The smallest absolute Gasteiger partial charge is 0.344 e. The normalized spacial score (nSPS) is 15.6. The fourth-order valence-electron chi connectivity index (χ4n) is 3.92. The van der Waals surface area contributed by atoms with Gasteiger partial charge in [-0.05, 0) is 50.3 Å². The molecule has 0 saturated heterocycles. The highest BCUT2D eigenvalue weighted by Crippen LogP contribution is 2.41. The van der Waals surface area contributed by atoms with E-state index in [-0.39, 0.29) is 30.4 Å². The molecule has 10 heteroatoms. The number of aliphatic hydroxyl groups excluding tert-OH is 1. The molecular formula is C28H28BrN3O5S. The summed E-state index contributed by atoms with van der Waals surface area (Å²) < 4.78 is 12.9. The lowest BCUT2D eigenvalue weighted by Crippen LogP contribution is -2.30. The Morgan fingerprint density at radius 3 is 2.68 bits per heavy atom. The number of aliphatic hydroxyl groups is 1. The Morgan fingerprint density at radius 1 is 1.21 bits per heavy atom. The third-order valence-corrected chi connectivity index (χ3v) is 7.25. The highest BCUT2D eigenvalue weighted by molar-refractivity contribution is 9.10. The van der Waals surface area contributed by atoms with Gasteiger partial charge in [-0.25, -0.2) is 9.79 Å². The van der Waals surface area contributed by atoms with Crippen molar-refractivity contribution >= 4 is 67.3 Å². The van der Waals surface area contributed by atoms with Gasteiger partial charge >= 0.3 is 5.97 Å². The molecule has 1 aliphatic heterocycles. The number of nitrogens with zero attached hydrogens (tertiary/aromatic N) is 2. The van der Waals surface area contributed by atoms with Gasteiger partial charge in [-0.2, -0.15) is 0 Å². The van der Waals surface area contributed by atoms with E-state index in [1.807, 2.05) is 60.2 Å². The van der Waals surface area contributed by atoms with Crippen LogP contribution in [0.5, 0.6) is 0 Å². The number of rotatable bonds is 9. The second kappa shape index (κ2) is 12.5. The molecule has 0 unspecified atom stereocenters. The summed E-state index contributed by atoms with van der Waals surface area (Å²) in [5.41, 5.74) is 3.42. The van der Waals surface area contributed by atoms with Crippen molar-refractivity contribution in [2.75, 3.05) is 26.9 Å². The largest absolute Gasteiger partial charge is 0.506 e. The average molecular weight is 599 g/mol. The Kier molecular flexibility index (Phi) is 9.09. The van der Waals surface area contributed by atoms with Crippen molar-refractivity contribution in [2.45, 2.75) is 20.4 Å². The summed E-state index contributed by atoms with van der Waals surface area (Å²) in [5, 5.41) is 15.2. The molecule has 0 aliphatic carbocycles. The van der Waals surface area contributed by atoms with Crippen molar-refractivity contribution < 1.29 is 24.2 Å². The van der Waals surface area contributed by atoms with Crippen LogP contribution >= 0.6 is 27.7 Å². The summed E-state index contributed by atoms with van der Waals surface area (Å²) in [7, 11) is 1.58. The molecule has 0 fully saturated rings. The summed E-state index contributed by atoms with van der Waals surface area (Å²) in [5.74, 6) is -0.964. The molecular weight excluding hydrogens is 570 g/mol. The van der Waals surface area contributed by atoms with E-state index in [2.05, 4.69) is 26.2 Å². The van der Waals surface area contributed by atoms with E-state index < -0.39 is 5.97 Å². The molecule has 0 bridgehead atoms. The number of thioether (sulfide) groups is 1. The number of hydrogen-bond acceptors (Lipinski definition) is 7. The fraction of sp³-hybridized carbons (Fsp3) is 0.250. The minimum atomic E-state index is -0.635. The van der Waals surface area contributed by atoms with Gasteiger partial charge in [0.15, 0.2) is 0 Å². The molecule has 0 radical (unpaired) electrons. The molecule has 0 saturated carbocycles. The van der Waals surface area contributed by atoms with Crippen molar-refractivity contribution in [3.8, 4) is 0 Å². The molecule has 1 amide bonds. The number of ether oxygens (including phenoxy) is 2. The number of fused-ring (bicyclic) bond motifs is 1. The van der Waals surface area contributed by atoms with Gasteiger partial charge < -0.3 is 24.5 Å². The number of benzene rings is 2. The Bertz CT molecular complexity index is 1460. The van der Waals surface area contributed by atoms with E-state index >= 15 is 0 Å². The first-order chi connectivity index (χ1) is 18.3. The number of aryl methyl sites for hydroxylation is 1. The zero-order valence-electron chi connectivity index (χ0n) is 21.3. The predicted octanol–water partition coefficient (Wildman–Crippen LogP) is 5.67. The molecule has 4 rings (SSSR count). The van der Waals surface area contributed by atoms with Gasteiger partial charge in [0.05, 0.1) is 23.8 Å². The highest BCUT2D eigenvalue weighted by Gasteiger charge is 2.33. The lowest BCUT2D eigenvalue weighted by atomic mass is 10.1. The minimum Gasteiger partial charge on any atom is -0.506 e. The molecule has 38 heavy (non-hydrogen) atoms. The number of aliphatic imine (C=N–C) groups is 1. The van der Waals surface area contributed by atoms with E-state index in [1.54, 1.807) is 20.1 Å². The van der Waals surface area contributed by atoms with Crippen LogP contribution in [-0.4, -0.2) is 53.5 Å². The van der Waals surface area contributed by atoms with E-state index in [4.69, 9.17) is 9.47 Å². The van der Waals surface area contributed by atoms with E-state index in [0.717, 1.165) is 26.5 Å². The first-order valence-corrected chi connectivity index (χ1v) is 13.6. The van der Waals surface area contributed by atoms with Gasteiger partial charge in [-0.15, -0.1) is 0 Å². The van der Waals surface area contributed by atoms with Crippen LogP contribution in [0.3, 0.4) is 0 Å². The first kappa shape index (κ1) is 27.7. The molecule has 0 spiro atoms. The standard InChI is InChI=1S/C28H28BrN3O5S/c1-4-37-28(35)25-26(34)23(38-27(25)31-20-8-5-17(2)6-9-20)13-18-15-32(16-24(33)30-11-12-36-3)22-10-7-19(29)14-21(18)22/h5-10,13-15,34H,4,11-12,16H2,1-3H3,(H,30,33)/b23-13-,31-27?. The molecule has 1 aromatic heterocycles. The molecule has 8 nitrogen and oxygen atoms in total. The predicted molar refractivity (Wildman–Crippen MR) is 155 cm³/mol. The summed E-state index contributed by atoms with van der Waals surface area (Å²) >= 11 is 4.72. The SMILES string of the molecule is CCOC(=O)C1=C(O)/C(=C/c2cn(CC(=O)NCCOC)c3ccc(Br)cc23)SC1=Nc1ccc(C)cc1. The van der Waals surface area contributed by atoms with Gasteiger partial charge in [0.2, 0.25) is 5.91 Å². The van der Waals surface area contributed by atoms with Crippen molar-refractivity contribution in [3.63, 3.8) is 0 Å². The number of carbonyl (C=O) groups excluding carboxylic acids is 2. The number of halogens is 1. The molecule has 2 heterocycles. The van der Waals surface area contributed by atoms with E-state index in [9.17, 15) is 14.7 Å². The molecule has 0 atom stereocenters. The van der Waals surface area contributed by atoms with Crippen molar-refractivity contribution in [1.82, 2.24) is 9.88 Å². The highest BCUT2D eigenvalue weighted by atomic mass is 79.9. The molecule has 2 aromatic carbocycles. The third kappa shape index (κ3) is 6.38. The zero-order valence-corrected chi connectivity index (χ0v) is 23.7. The third-order valence-electron chi connectivity index (χ3n) is 5.74. The Hall–Kier alpha value is -3.34. The van der Waals surface area contributed by atoms with E-state index in [0.29, 0.717) is 28.8 Å². The quantitative estimate of drug-likeness (QED) is 0.243. The average Bonchev–Trinajstić information content (AvgIpc) is 3.37. The topological polar surface area (TPSA) is 102 Å². The lowest BCUT2D eigenvalue weighted by molar-refractivity contribution is -0.138. The van der Waals surface area contributed by atoms with Crippen LogP contribution in [0.4, 0.5) is 5.69 Å². The zero-order chi connectivity index (χ0) is 27.2. The van der Waals surface area contributed by atoms with Crippen LogP contribution in [0.25, 0.3) is 17.0 Å². The van der Waals surface area contributed by atoms with Crippen LogP contribution in [0.2, 0.25) is 0 Å². The number of amides is 1. The van der Waals surface area contributed by atoms with Crippen molar-refractivity contribution in [2.24, 2.45) is 4.99 Å². The number of nitrogens with one attached hydrogen (secondary N) is 1. The van der Waals surface area contributed by atoms with E-state index in [1.165, 1.54) is 11.8 Å². The molecule has 198 valence electrons. The minimum absolute atomic E-state index is 0.0334. The summed E-state index contributed by atoms with van der Waals surface area (Å²) in [6.07, 6.45) is 3.65. The molecule has 3 aromatic rings. The number of carbonyl (C=O) groups is 2. The summed E-state index contributed by atoms with van der Waals surface area (Å²) in [6, 6.07) is 13.4. The summed E-state index contributed by atoms with van der Waals surface area (Å²) in [4.78, 5) is 30.4. The van der Waals surface area contributed by atoms with Crippen LogP contribution in [0.15, 0.2) is 74.4 Å². The fourth-order valence-corrected chi connectivity index (χ4v) is 5.30. The van der Waals surface area contributed by atoms with Crippen molar-refractivity contribution in [3.05, 3.63) is 80.5 Å². The second-order valence-corrected chi connectivity index (χ2v) is 10.5. The second-order valence-electron chi connectivity index (χ2n) is 8.52. The van der Waals surface area contributed by atoms with Crippen LogP contribution in [0, 0.1) is 6.92 Å². The first-order valence-electron chi connectivity index (χ1n) is 12.0. The summed E-state index contributed by atoms with van der Waals surface area (Å²) in [6.45, 7) is 4.84. The Morgan fingerprint density at radius 2 is 1.97 bits per heavy atom. The number of esters is 1. The van der Waals surface area contributed by atoms with Crippen LogP contribution in [0.1, 0.15) is 18.1 Å². The van der Waals surface area contributed by atoms with Gasteiger partial charge in [0.25, 0.3) is 0 Å². The van der Waals surface area contributed by atoms with Gasteiger partial charge in [-0.3, -0.25) is 4.79 Å². The molecule has 1 aliphatic rings. The van der Waals surface area contributed by atoms with Gasteiger partial charge in [0, 0.05) is 40.8 Å². The number of aromatic nitrogens is 1. The van der Waals surface area contributed by atoms with Crippen LogP contribution in [-0.2, 0) is 25.6 Å². The number of hydrogen-bond donors (Lipinski definition) is 2. The molecule has 2 N–H and O–H groups in total. The lowest BCUT2D eigenvalue weighted by Gasteiger charge is -2.07. The maximum atomic E-state index is 12.8. The van der Waals surface area contributed by atoms with Crippen LogP contribution < -0.4 is 5.32 Å². The van der Waals surface area contributed by atoms with Crippen molar-refractivity contribution in [1.29, 1.82) is 0 Å². The number of methoxy groups -OCH3 is 1. The Balaban J connectivity index is 1.74. The Labute approximate surface area is 233 Å².